The Morgan fingerprint density at radius 3 is 0.803 bits per heavy atom. The fraction of sp³-hybridized carbons (Fsp3) is 0.316. The van der Waals surface area contributed by atoms with Crippen molar-refractivity contribution in [1.82, 2.24) is 0 Å². The first-order chi connectivity index (χ1) is 57.5. The smallest absolute Gasteiger partial charge is 0.343 e. The molecule has 3 aromatic carbocycles. The van der Waals surface area contributed by atoms with Crippen molar-refractivity contribution in [2.24, 2.45) is 356 Å². The van der Waals surface area contributed by atoms with Gasteiger partial charge in [-0.1, -0.05) is 53.8 Å². The lowest BCUT2D eigenvalue weighted by molar-refractivity contribution is -0.138. The molecule has 0 heterocycles. The number of amides is 1. The van der Waals surface area contributed by atoms with Crippen LogP contribution in [0.2, 0.25) is 0 Å². The van der Waals surface area contributed by atoms with Crippen LogP contribution in [0.5, 0.6) is 11.5 Å². The van der Waals surface area contributed by atoms with Gasteiger partial charge >= 0.3 is 17.9 Å². The van der Waals surface area contributed by atoms with E-state index in [1.54, 1.807) is 43.5 Å². The second-order valence-electron chi connectivity index (χ2n) is 16.3. The van der Waals surface area contributed by atoms with Gasteiger partial charge in [-0.2, -0.15) is 5.53 Å². The minimum absolute atomic E-state index is 0.144. The first-order valence-electron chi connectivity index (χ1n) is 29.2. The molecule has 0 aromatic heterocycles. The van der Waals surface area contributed by atoms with Gasteiger partial charge in [0.2, 0.25) is 5.91 Å². The van der Waals surface area contributed by atoms with Crippen LogP contribution in [0, 0.1) is 19.4 Å². The molecule has 117 heavy (non-hydrogen) atoms. The van der Waals surface area contributed by atoms with Gasteiger partial charge in [-0.25, -0.2) is 14.4 Å². The number of carbonyl (C=O) groups excluding carboxylic acids is 4. The topological polar surface area (TPSA) is 1000 Å². The summed E-state index contributed by atoms with van der Waals surface area (Å²) in [5.41, 5.74) is 9.72. The zero-order chi connectivity index (χ0) is 84.9. The fourth-order valence-electron chi connectivity index (χ4n) is 4.68. The molecule has 0 spiro atoms. The highest BCUT2D eigenvalue weighted by atomic mass is 16.5. The van der Waals surface area contributed by atoms with Gasteiger partial charge in [0.1, 0.15) is 11.5 Å². The van der Waals surface area contributed by atoms with Gasteiger partial charge in [0.25, 0.3) is 0 Å². The van der Waals surface area contributed by atoms with Crippen molar-refractivity contribution in [1.29, 1.82) is 5.53 Å². The molecule has 0 atom stereocenters. The van der Waals surface area contributed by atoms with Gasteiger partial charge in [-0.05, 0) is 166 Å². The van der Waals surface area contributed by atoms with Crippen molar-refractivity contribution in [3.8, 4) is 11.5 Å². The Labute approximate surface area is 644 Å². The van der Waals surface area contributed by atoms with E-state index in [0.29, 0.717) is 43.4 Å². The van der Waals surface area contributed by atoms with E-state index in [4.69, 9.17) is 29.2 Å². The second-order valence-corrected chi connectivity index (χ2v) is 16.3. The number of anilines is 1. The fourth-order valence-corrected chi connectivity index (χ4v) is 4.68. The van der Waals surface area contributed by atoms with Crippen molar-refractivity contribution in [2.45, 2.75) is 46.5 Å². The normalized spacial score (nSPS) is 13.1. The lowest BCUT2D eigenvalue weighted by Gasteiger charge is -2.06. The number of esters is 3. The van der Waals surface area contributed by atoms with Crippen LogP contribution in [-0.4, -0.2) is 57.4 Å². The number of carbonyl (C=O) groups is 4. The standard InChI is InChI=1S/C16H15NO3.C14H18O3.C8H14O3.H3N69/c1-11-3-5-13(6-4-11)16(19)20-15-9-7-14(8-10-15)17-12(2)18;1-3-14(15)17-11-5-4-10-16-13-8-6-12(2)7-9-13;1-3-8(9)11-7-5-4-6-10-2;1-3-5-7-9-11-13-15-17-19-21-23-25-27-29-31-33-35-37-39-41-43-45-47-49-51-53-55-57-59-61-63-65-67-69-68-66-64-62-60-58-56-54-52-50-48-46-44-42-40-38-36-34-32-30-28-26-24-22-20-18-16-14-12-10-8-6-4-2/h3-10H,1-2H3,(H,17,18);3,6-9H,1,4-5,10-11H2,2H3;3H,1,4-7H2,2H3;(H3,1,2,5,6,9,10,13,14,17,18,21,22,25,26,29,30,33,34,37,38,41,42,45,46,49,50,53,54,57,58,61,62,65,66,69). The first-order valence-corrected chi connectivity index (χ1v) is 29.2. The Morgan fingerprint density at radius 1 is 0.333 bits per heavy atom. The van der Waals surface area contributed by atoms with Crippen LogP contribution in [0.3, 0.4) is 0 Å². The van der Waals surface area contributed by atoms with E-state index in [2.05, 4.69) is 374 Å². The summed E-state index contributed by atoms with van der Waals surface area (Å²) in [4.78, 5) is 44.0. The molecule has 3 aromatic rings. The third-order valence-electron chi connectivity index (χ3n) is 8.72. The molecule has 1 amide bonds. The Kier molecular flexibility index (Phi) is 66.6. The highest BCUT2D eigenvalue weighted by Crippen LogP contribution is 2.18. The monoisotopic (exact) mass is 1630 g/mol. The van der Waals surface area contributed by atoms with Gasteiger partial charge in [0.05, 0.1) is 25.4 Å². The quantitative estimate of drug-likeness (QED) is 0.00912. The van der Waals surface area contributed by atoms with Crippen LogP contribution < -0.4 is 20.6 Å². The number of nitrogens with zero attached hydrogens (tertiary/aromatic N) is 67. The van der Waals surface area contributed by atoms with Crippen LogP contribution in [0.15, 0.2) is 448 Å². The summed E-state index contributed by atoms with van der Waals surface area (Å²) in [6.07, 6.45) is 5.75. The molecule has 0 saturated carbocycles. The molecule has 79 nitrogen and oxygen atoms in total. The number of ether oxygens (including phenoxy) is 5. The lowest BCUT2D eigenvalue weighted by Crippen LogP contribution is -2.09. The van der Waals surface area contributed by atoms with E-state index in [-0.39, 0.29) is 17.8 Å². The summed E-state index contributed by atoms with van der Waals surface area (Å²) in [6.45, 7) is 14.2. The first kappa shape index (κ1) is 98.0. The Hall–Kier alpha value is -19.0. The van der Waals surface area contributed by atoms with Crippen LogP contribution >= 0.6 is 0 Å². The number of nitrogens with two attached hydrogens (primary N) is 1. The molecule has 606 valence electrons. The van der Waals surface area contributed by atoms with E-state index in [9.17, 15) is 19.2 Å². The van der Waals surface area contributed by atoms with Crippen molar-refractivity contribution in [2.75, 3.05) is 38.9 Å². The third-order valence-corrected chi connectivity index (χ3v) is 8.72. The summed E-state index contributed by atoms with van der Waals surface area (Å²) in [5, 5.41) is 202. The third kappa shape index (κ3) is 73.7. The van der Waals surface area contributed by atoms with E-state index < -0.39 is 5.97 Å². The molecule has 4 N–H and O–H groups in total. The number of hydrogen-bond acceptors (Lipinski definition) is 11. The Bertz CT molecular complexity index is 4390. The number of nitrogens with one attached hydrogen (secondary N) is 2. The van der Waals surface area contributed by atoms with Crippen molar-refractivity contribution < 1.29 is 42.9 Å². The molecular formula is C38H50N70O9. The molecule has 0 radical (unpaired) electrons. The number of hydrogen-bond donors (Lipinski definition) is 3. The SMILES string of the molecule is C=CC(=O)OCCCCOC.C=CC(=O)OCCCCOc1ccc(C)cc1.CC(=O)Nc1ccc(OC(=O)c2ccc(C)cc2)cc1.N=N/N=N/N=N/N=N/N=N/N=N/N=N/N=N/N=N/N=N/N=N/N=N/N=N/N=N/N=N/N=N/N=N/N=N/N=N/N=N/N=N/N=N/N=N/N=N/N=N/N=N/N=N/N=N/N=N/N=N/N=N/N=N/N=N/N=N/N. The largest absolute Gasteiger partial charge is 0.494 e. The summed E-state index contributed by atoms with van der Waals surface area (Å²) in [6, 6.07) is 21.7. The summed E-state index contributed by atoms with van der Waals surface area (Å²) in [7, 11) is 1.65. The second kappa shape index (κ2) is 79.5. The maximum Gasteiger partial charge on any atom is 0.343 e. The summed E-state index contributed by atoms with van der Waals surface area (Å²) in [5.74, 6) is 4.66. The number of aryl methyl sites for hydroxylation is 2. The summed E-state index contributed by atoms with van der Waals surface area (Å²) < 4.78 is 25.2. The molecule has 0 aliphatic rings. The summed E-state index contributed by atoms with van der Waals surface area (Å²) >= 11 is 0. The zero-order valence-corrected chi connectivity index (χ0v) is 59.4. The van der Waals surface area contributed by atoms with E-state index in [1.165, 1.54) is 18.6 Å². The van der Waals surface area contributed by atoms with E-state index >= 15 is 0 Å². The van der Waals surface area contributed by atoms with Crippen molar-refractivity contribution >= 4 is 29.5 Å². The van der Waals surface area contributed by atoms with E-state index in [1.807, 2.05) is 50.2 Å². The van der Waals surface area contributed by atoms with E-state index in [0.717, 1.165) is 43.1 Å². The lowest BCUT2D eigenvalue weighted by atomic mass is 10.1. The van der Waals surface area contributed by atoms with Crippen LogP contribution in [0.25, 0.3) is 0 Å². The molecule has 0 saturated heterocycles. The predicted molar refractivity (Wildman–Crippen MR) is 356 cm³/mol. The van der Waals surface area contributed by atoms with Gasteiger partial charge in [0, 0.05) is 305 Å². The maximum atomic E-state index is 11.9. The van der Waals surface area contributed by atoms with Crippen LogP contribution in [-0.2, 0) is 28.6 Å². The molecule has 0 bridgehead atoms. The Morgan fingerprint density at radius 2 is 0.564 bits per heavy atom. The molecule has 0 unspecified atom stereocenters. The maximum absolute atomic E-state index is 11.9. The number of methoxy groups -OCH3 is 1. The molecule has 3 rings (SSSR count). The highest BCUT2D eigenvalue weighted by molar-refractivity contribution is 5.91. The Balaban J connectivity index is 0.00000220. The van der Waals surface area contributed by atoms with Gasteiger partial charge < -0.3 is 34.8 Å². The average Bonchev–Trinajstić information content (AvgIpc) is 0.869. The molecule has 0 aliphatic carbocycles. The molecule has 79 heteroatoms. The molecular weight excluding hydrogens is 1580 g/mol. The molecule has 0 fully saturated rings. The molecule has 0 aliphatic heterocycles. The minimum Gasteiger partial charge on any atom is -0.494 e. The minimum atomic E-state index is -0.405. The van der Waals surface area contributed by atoms with Crippen molar-refractivity contribution in [3.05, 3.63) is 115 Å². The zero-order valence-electron chi connectivity index (χ0n) is 59.4. The van der Waals surface area contributed by atoms with Gasteiger partial charge in [0.15, 0.2) is 0 Å². The highest BCUT2D eigenvalue weighted by Gasteiger charge is 2.08. The average molecular weight is 1630 g/mol. The van der Waals surface area contributed by atoms with Gasteiger partial charge in [-0.15, -0.1) is 0 Å². The van der Waals surface area contributed by atoms with Gasteiger partial charge in [-0.3, -0.25) is 4.79 Å². The van der Waals surface area contributed by atoms with Crippen LogP contribution in [0.1, 0.15) is 54.1 Å². The predicted octanol–water partition coefficient (Wildman–Crippen LogP) is 19.2. The number of unbranched alkanes of at least 4 members (excludes halogenated alkanes) is 2. The number of benzene rings is 3. The number of rotatable bonds is 49. The van der Waals surface area contributed by atoms with Crippen molar-refractivity contribution in [3.63, 3.8) is 0 Å². The van der Waals surface area contributed by atoms with Crippen LogP contribution in [0.4, 0.5) is 5.69 Å².